The van der Waals surface area contributed by atoms with Gasteiger partial charge in [0.1, 0.15) is 13.1 Å². The Morgan fingerprint density at radius 2 is 1.61 bits per heavy atom. The Kier molecular flexibility index (Phi) is 7.06. The number of nitrogens with one attached hydrogen (secondary N) is 1. The molecule has 1 amide bonds. The lowest BCUT2D eigenvalue weighted by Gasteiger charge is -2.25. The van der Waals surface area contributed by atoms with Crippen molar-refractivity contribution >= 4 is 17.3 Å². The standard InChI is InChI=1S/C18H23F6N3O/c19-17(20,21)10-27(11-18(22,23)24)16(28)13-6-7-15(14(25)8-13)26-9-12-4-2-1-3-5-12/h6-8,12,26H,1-5,9-11,25H2. The molecule has 3 N–H and O–H groups in total. The van der Waals surface area contributed by atoms with Crippen LogP contribution in [-0.2, 0) is 0 Å². The van der Waals surface area contributed by atoms with Crippen molar-refractivity contribution in [1.29, 1.82) is 0 Å². The SMILES string of the molecule is Nc1cc(C(=O)N(CC(F)(F)F)CC(F)(F)F)ccc1NCC1CCCCC1. The summed E-state index contributed by atoms with van der Waals surface area (Å²) in [5.74, 6) is -0.885. The molecule has 0 aromatic heterocycles. The molecular formula is C18H23F6N3O. The van der Waals surface area contributed by atoms with E-state index in [0.717, 1.165) is 31.7 Å². The van der Waals surface area contributed by atoms with Gasteiger partial charge in [0, 0.05) is 12.1 Å². The molecule has 10 heteroatoms. The Balaban J connectivity index is 2.09. The Bertz CT molecular complexity index is 652. The number of nitrogens with zero attached hydrogens (tertiary/aromatic N) is 1. The summed E-state index contributed by atoms with van der Waals surface area (Å²) in [7, 11) is 0. The molecule has 1 aliphatic carbocycles. The maximum Gasteiger partial charge on any atom is 0.406 e. The van der Waals surface area contributed by atoms with Gasteiger partial charge in [-0.1, -0.05) is 19.3 Å². The minimum absolute atomic E-state index is 0.0978. The molecule has 1 aromatic rings. The first-order chi connectivity index (χ1) is 12.9. The van der Waals surface area contributed by atoms with E-state index < -0.39 is 31.3 Å². The number of halogens is 6. The highest BCUT2D eigenvalue weighted by atomic mass is 19.4. The number of rotatable bonds is 6. The van der Waals surface area contributed by atoms with Crippen LogP contribution in [0.2, 0.25) is 0 Å². The first-order valence-corrected chi connectivity index (χ1v) is 9.01. The van der Waals surface area contributed by atoms with Crippen LogP contribution in [0.4, 0.5) is 37.7 Å². The van der Waals surface area contributed by atoms with Crippen LogP contribution in [0.15, 0.2) is 18.2 Å². The van der Waals surface area contributed by atoms with Crippen molar-refractivity contribution in [2.75, 3.05) is 30.7 Å². The Morgan fingerprint density at radius 1 is 1.04 bits per heavy atom. The van der Waals surface area contributed by atoms with Crippen LogP contribution >= 0.6 is 0 Å². The average Bonchev–Trinajstić information content (AvgIpc) is 2.58. The minimum Gasteiger partial charge on any atom is -0.397 e. The predicted octanol–water partition coefficient (Wildman–Crippen LogP) is 4.83. The van der Waals surface area contributed by atoms with E-state index >= 15 is 0 Å². The van der Waals surface area contributed by atoms with Gasteiger partial charge in [-0.05, 0) is 37.0 Å². The third kappa shape index (κ3) is 7.12. The highest BCUT2D eigenvalue weighted by Gasteiger charge is 2.39. The first kappa shape index (κ1) is 22.2. The zero-order valence-corrected chi connectivity index (χ0v) is 15.2. The van der Waals surface area contributed by atoms with Gasteiger partial charge in [0.05, 0.1) is 11.4 Å². The van der Waals surface area contributed by atoms with E-state index in [0.29, 0.717) is 18.2 Å². The fourth-order valence-corrected chi connectivity index (χ4v) is 3.32. The molecule has 0 aliphatic heterocycles. The van der Waals surface area contributed by atoms with Gasteiger partial charge in [-0.25, -0.2) is 0 Å². The molecule has 0 radical (unpaired) electrons. The van der Waals surface area contributed by atoms with Crippen LogP contribution in [0.25, 0.3) is 0 Å². The lowest BCUT2D eigenvalue weighted by Crippen LogP contribution is -2.44. The molecule has 1 saturated carbocycles. The van der Waals surface area contributed by atoms with Crippen LogP contribution < -0.4 is 11.1 Å². The van der Waals surface area contributed by atoms with E-state index in [1.807, 2.05) is 0 Å². The highest BCUT2D eigenvalue weighted by Crippen LogP contribution is 2.27. The summed E-state index contributed by atoms with van der Waals surface area (Å²) < 4.78 is 75.5. The fraction of sp³-hybridized carbons (Fsp3) is 0.611. The predicted molar refractivity (Wildman–Crippen MR) is 93.9 cm³/mol. The van der Waals surface area contributed by atoms with E-state index in [-0.39, 0.29) is 16.2 Å². The van der Waals surface area contributed by atoms with Gasteiger partial charge in [0.2, 0.25) is 0 Å². The molecule has 1 aromatic carbocycles. The molecule has 158 valence electrons. The van der Waals surface area contributed by atoms with Crippen molar-refractivity contribution in [3.05, 3.63) is 23.8 Å². The molecule has 0 saturated heterocycles. The van der Waals surface area contributed by atoms with Gasteiger partial charge in [0.25, 0.3) is 5.91 Å². The number of carbonyl (C=O) groups excluding carboxylic acids is 1. The number of benzene rings is 1. The fourth-order valence-electron chi connectivity index (χ4n) is 3.32. The van der Waals surface area contributed by atoms with Gasteiger partial charge in [-0.15, -0.1) is 0 Å². The summed E-state index contributed by atoms with van der Waals surface area (Å²) in [5.41, 5.74) is 6.13. The summed E-state index contributed by atoms with van der Waals surface area (Å²) in [6.45, 7) is -3.31. The molecule has 1 aliphatic rings. The third-order valence-electron chi connectivity index (χ3n) is 4.63. The summed E-state index contributed by atoms with van der Waals surface area (Å²) >= 11 is 0. The van der Waals surface area contributed by atoms with Gasteiger partial charge >= 0.3 is 12.4 Å². The second-order valence-electron chi connectivity index (χ2n) is 7.08. The minimum atomic E-state index is -4.95. The summed E-state index contributed by atoms with van der Waals surface area (Å²) in [6.07, 6.45) is -4.20. The molecule has 0 unspecified atom stereocenters. The van der Waals surface area contributed by atoms with Crippen molar-refractivity contribution < 1.29 is 31.1 Å². The van der Waals surface area contributed by atoms with Gasteiger partial charge in [-0.2, -0.15) is 26.3 Å². The van der Waals surface area contributed by atoms with Gasteiger partial charge < -0.3 is 16.0 Å². The highest BCUT2D eigenvalue weighted by molar-refractivity contribution is 5.96. The molecule has 0 bridgehead atoms. The molecule has 4 nitrogen and oxygen atoms in total. The number of nitrogens with two attached hydrogens (primary N) is 1. The molecule has 0 atom stereocenters. The monoisotopic (exact) mass is 411 g/mol. The molecule has 28 heavy (non-hydrogen) atoms. The van der Waals surface area contributed by atoms with E-state index in [1.54, 1.807) is 0 Å². The lowest BCUT2D eigenvalue weighted by atomic mass is 9.89. The number of carbonyl (C=O) groups is 1. The van der Waals surface area contributed by atoms with Crippen molar-refractivity contribution in [3.63, 3.8) is 0 Å². The van der Waals surface area contributed by atoms with Crippen LogP contribution in [0, 0.1) is 5.92 Å². The smallest absolute Gasteiger partial charge is 0.397 e. The van der Waals surface area contributed by atoms with Crippen LogP contribution in [0.1, 0.15) is 42.5 Å². The number of hydrogen-bond acceptors (Lipinski definition) is 3. The lowest BCUT2D eigenvalue weighted by molar-refractivity contribution is -0.171. The van der Waals surface area contributed by atoms with Crippen LogP contribution in [-0.4, -0.2) is 42.8 Å². The summed E-state index contributed by atoms with van der Waals surface area (Å²) in [5, 5.41) is 3.14. The molecule has 0 heterocycles. The molecule has 0 spiro atoms. The Morgan fingerprint density at radius 3 is 2.11 bits per heavy atom. The van der Waals surface area contributed by atoms with Crippen LogP contribution in [0.5, 0.6) is 0 Å². The number of hydrogen-bond donors (Lipinski definition) is 2. The maximum absolute atomic E-state index is 12.6. The number of amides is 1. The van der Waals surface area contributed by atoms with E-state index in [1.165, 1.54) is 18.6 Å². The molecule has 1 fully saturated rings. The number of nitrogen functional groups attached to an aromatic ring is 1. The van der Waals surface area contributed by atoms with Gasteiger partial charge in [0.15, 0.2) is 0 Å². The number of alkyl halides is 6. The van der Waals surface area contributed by atoms with Crippen molar-refractivity contribution in [3.8, 4) is 0 Å². The Labute approximate surface area is 159 Å². The van der Waals surface area contributed by atoms with Crippen LogP contribution in [0.3, 0.4) is 0 Å². The topological polar surface area (TPSA) is 58.4 Å². The summed E-state index contributed by atoms with van der Waals surface area (Å²) in [6, 6.07) is 3.69. The van der Waals surface area contributed by atoms with Gasteiger partial charge in [-0.3, -0.25) is 4.79 Å². The first-order valence-electron chi connectivity index (χ1n) is 9.01. The largest absolute Gasteiger partial charge is 0.406 e. The second-order valence-corrected chi connectivity index (χ2v) is 7.08. The average molecular weight is 411 g/mol. The summed E-state index contributed by atoms with van der Waals surface area (Å²) in [4.78, 5) is 11.9. The molecular weight excluding hydrogens is 388 g/mol. The van der Waals surface area contributed by atoms with E-state index in [9.17, 15) is 31.1 Å². The van der Waals surface area contributed by atoms with E-state index in [2.05, 4.69) is 5.32 Å². The number of anilines is 2. The van der Waals surface area contributed by atoms with Crippen molar-refractivity contribution in [2.24, 2.45) is 5.92 Å². The normalized spacial score (nSPS) is 16.1. The quantitative estimate of drug-likeness (QED) is 0.521. The zero-order valence-electron chi connectivity index (χ0n) is 15.2. The van der Waals surface area contributed by atoms with E-state index in [4.69, 9.17) is 5.73 Å². The second kappa shape index (κ2) is 8.91. The van der Waals surface area contributed by atoms with Crippen molar-refractivity contribution in [2.45, 2.75) is 44.5 Å². The zero-order chi connectivity index (χ0) is 20.9. The van der Waals surface area contributed by atoms with Crippen molar-refractivity contribution in [1.82, 2.24) is 4.90 Å². The third-order valence-corrected chi connectivity index (χ3v) is 4.63. The maximum atomic E-state index is 12.6. The Hall–Kier alpha value is -2.13. The molecule has 2 rings (SSSR count).